The van der Waals surface area contributed by atoms with Crippen molar-refractivity contribution in [2.24, 2.45) is 0 Å². The Balaban J connectivity index is 1.69. The Kier molecular flexibility index (Phi) is 3.78. The second kappa shape index (κ2) is 6.09. The number of benzene rings is 1. The molecule has 2 aromatic heterocycles. The Labute approximate surface area is 144 Å². The number of carbonyl (C=O) groups excluding carboxylic acids is 1. The molecule has 6 heteroatoms. The number of hydrogen-bond acceptors (Lipinski definition) is 4. The molecule has 0 aliphatic heterocycles. The molecule has 2 N–H and O–H groups in total. The van der Waals surface area contributed by atoms with E-state index in [1.165, 1.54) is 0 Å². The molecule has 1 saturated carbocycles. The number of amides is 1. The lowest BCUT2D eigenvalue weighted by atomic mass is 10.1. The second-order valence-electron chi connectivity index (χ2n) is 5.78. The molecule has 0 bridgehead atoms. The van der Waals surface area contributed by atoms with Crippen molar-refractivity contribution in [1.29, 1.82) is 0 Å². The minimum Gasteiger partial charge on any atom is -0.367 e. The molecule has 0 radical (unpaired) electrons. The van der Waals surface area contributed by atoms with Crippen molar-refractivity contribution in [2.45, 2.75) is 18.9 Å². The molecule has 1 aliphatic carbocycles. The van der Waals surface area contributed by atoms with E-state index in [4.69, 9.17) is 11.6 Å². The average molecular weight is 339 g/mol. The first-order valence-electron chi connectivity index (χ1n) is 7.78. The van der Waals surface area contributed by atoms with Gasteiger partial charge in [-0.1, -0.05) is 35.9 Å². The van der Waals surface area contributed by atoms with Crippen LogP contribution in [0.15, 0.2) is 48.8 Å². The molecule has 120 valence electrons. The van der Waals surface area contributed by atoms with Gasteiger partial charge in [0.05, 0.1) is 11.3 Å². The van der Waals surface area contributed by atoms with Crippen LogP contribution < -0.4 is 10.6 Å². The standard InChI is InChI=1S/C18H15ClN4O/c19-16-15(13-5-2-1-4-11(13)10-21-16)23-18(24)14-6-3-9-20-17(14)22-12-7-8-12/h1-6,9-10,12H,7-8H2,(H,20,22)(H,23,24). The first-order valence-corrected chi connectivity index (χ1v) is 8.16. The topological polar surface area (TPSA) is 66.9 Å². The highest BCUT2D eigenvalue weighted by molar-refractivity contribution is 6.34. The summed E-state index contributed by atoms with van der Waals surface area (Å²) in [6, 6.07) is 11.6. The lowest BCUT2D eigenvalue weighted by Crippen LogP contribution is -2.17. The average Bonchev–Trinajstić information content (AvgIpc) is 3.42. The number of aromatic nitrogens is 2. The number of carbonyl (C=O) groups is 1. The summed E-state index contributed by atoms with van der Waals surface area (Å²) >= 11 is 6.21. The van der Waals surface area contributed by atoms with Crippen LogP contribution in [0.5, 0.6) is 0 Å². The maximum atomic E-state index is 12.8. The highest BCUT2D eigenvalue weighted by Crippen LogP contribution is 2.30. The third kappa shape index (κ3) is 2.90. The minimum absolute atomic E-state index is 0.258. The van der Waals surface area contributed by atoms with Crippen molar-refractivity contribution in [3.8, 4) is 0 Å². The van der Waals surface area contributed by atoms with E-state index >= 15 is 0 Å². The van der Waals surface area contributed by atoms with Crippen LogP contribution in [0.3, 0.4) is 0 Å². The molecule has 1 amide bonds. The fraction of sp³-hybridized carbons (Fsp3) is 0.167. The predicted octanol–water partition coefficient (Wildman–Crippen LogP) is 4.11. The third-order valence-electron chi connectivity index (χ3n) is 3.96. The largest absolute Gasteiger partial charge is 0.367 e. The molecular formula is C18H15ClN4O. The Bertz CT molecular complexity index is 924. The summed E-state index contributed by atoms with van der Waals surface area (Å²) in [5, 5.41) is 8.21. The zero-order valence-corrected chi connectivity index (χ0v) is 13.5. The number of pyridine rings is 2. The third-order valence-corrected chi connectivity index (χ3v) is 4.25. The molecule has 5 nitrogen and oxygen atoms in total. The number of fused-ring (bicyclic) bond motifs is 1. The molecule has 1 aromatic carbocycles. The second-order valence-corrected chi connectivity index (χ2v) is 6.14. The van der Waals surface area contributed by atoms with Gasteiger partial charge in [0.2, 0.25) is 0 Å². The summed E-state index contributed by atoms with van der Waals surface area (Å²) < 4.78 is 0. The van der Waals surface area contributed by atoms with Crippen LogP contribution in [-0.2, 0) is 0 Å². The molecule has 0 saturated heterocycles. The number of nitrogens with zero attached hydrogens (tertiary/aromatic N) is 2. The molecule has 0 atom stereocenters. The van der Waals surface area contributed by atoms with Gasteiger partial charge in [0, 0.05) is 29.2 Å². The summed E-state index contributed by atoms with van der Waals surface area (Å²) in [4.78, 5) is 21.2. The van der Waals surface area contributed by atoms with Crippen molar-refractivity contribution < 1.29 is 4.79 Å². The van der Waals surface area contributed by atoms with E-state index in [1.54, 1.807) is 24.5 Å². The van der Waals surface area contributed by atoms with Gasteiger partial charge < -0.3 is 10.6 Å². The quantitative estimate of drug-likeness (QED) is 0.702. The van der Waals surface area contributed by atoms with Crippen LogP contribution in [0.2, 0.25) is 5.15 Å². The van der Waals surface area contributed by atoms with E-state index < -0.39 is 0 Å². The lowest BCUT2D eigenvalue weighted by Gasteiger charge is -2.13. The van der Waals surface area contributed by atoms with Gasteiger partial charge in [-0.2, -0.15) is 0 Å². The van der Waals surface area contributed by atoms with Crippen LogP contribution in [0.1, 0.15) is 23.2 Å². The van der Waals surface area contributed by atoms with Crippen LogP contribution in [0.4, 0.5) is 11.5 Å². The normalized spacial score (nSPS) is 13.7. The fourth-order valence-electron chi connectivity index (χ4n) is 2.56. The molecule has 0 unspecified atom stereocenters. The summed E-state index contributed by atoms with van der Waals surface area (Å²) in [5.74, 6) is 0.341. The van der Waals surface area contributed by atoms with E-state index in [9.17, 15) is 4.79 Å². The summed E-state index contributed by atoms with van der Waals surface area (Å²) in [6.45, 7) is 0. The van der Waals surface area contributed by atoms with Crippen molar-refractivity contribution >= 4 is 39.8 Å². The summed E-state index contributed by atoms with van der Waals surface area (Å²) in [7, 11) is 0. The first-order chi connectivity index (χ1) is 11.7. The summed E-state index contributed by atoms with van der Waals surface area (Å²) in [6.07, 6.45) is 5.58. The maximum absolute atomic E-state index is 12.8. The van der Waals surface area contributed by atoms with Gasteiger partial charge in [-0.15, -0.1) is 0 Å². The highest BCUT2D eigenvalue weighted by Gasteiger charge is 2.24. The number of nitrogens with one attached hydrogen (secondary N) is 2. The Morgan fingerprint density at radius 3 is 2.79 bits per heavy atom. The Hall–Kier alpha value is -2.66. The maximum Gasteiger partial charge on any atom is 0.259 e. The van der Waals surface area contributed by atoms with Gasteiger partial charge in [-0.25, -0.2) is 9.97 Å². The Morgan fingerprint density at radius 2 is 1.96 bits per heavy atom. The zero-order chi connectivity index (χ0) is 16.5. The summed E-state index contributed by atoms with van der Waals surface area (Å²) in [5.41, 5.74) is 1.01. The number of halogens is 1. The fourth-order valence-corrected chi connectivity index (χ4v) is 2.76. The molecule has 1 fully saturated rings. The van der Waals surface area contributed by atoms with Gasteiger partial charge >= 0.3 is 0 Å². The van der Waals surface area contributed by atoms with Crippen LogP contribution >= 0.6 is 11.6 Å². The van der Waals surface area contributed by atoms with Gasteiger partial charge in [0.1, 0.15) is 5.82 Å². The molecule has 1 aliphatic rings. The van der Waals surface area contributed by atoms with Gasteiger partial charge in [0.25, 0.3) is 5.91 Å². The van der Waals surface area contributed by atoms with Crippen molar-refractivity contribution in [2.75, 3.05) is 10.6 Å². The molecule has 2 heterocycles. The molecule has 4 rings (SSSR count). The number of hydrogen-bond donors (Lipinski definition) is 2. The van der Waals surface area contributed by atoms with E-state index in [1.807, 2.05) is 24.3 Å². The Morgan fingerprint density at radius 1 is 1.12 bits per heavy atom. The minimum atomic E-state index is -0.258. The molecule has 24 heavy (non-hydrogen) atoms. The van der Waals surface area contributed by atoms with E-state index in [-0.39, 0.29) is 11.1 Å². The predicted molar refractivity (Wildman–Crippen MR) is 95.6 cm³/mol. The molecule has 0 spiro atoms. The first kappa shape index (κ1) is 14.9. The highest BCUT2D eigenvalue weighted by atomic mass is 35.5. The molecular weight excluding hydrogens is 324 g/mol. The van der Waals surface area contributed by atoms with Gasteiger partial charge in [0.15, 0.2) is 5.15 Å². The smallest absolute Gasteiger partial charge is 0.259 e. The SMILES string of the molecule is O=C(Nc1c(Cl)ncc2ccccc12)c1cccnc1NC1CC1. The number of anilines is 2. The number of rotatable bonds is 4. The van der Waals surface area contributed by atoms with Gasteiger partial charge in [-0.3, -0.25) is 4.79 Å². The van der Waals surface area contributed by atoms with E-state index in [2.05, 4.69) is 20.6 Å². The van der Waals surface area contributed by atoms with E-state index in [0.29, 0.717) is 23.1 Å². The van der Waals surface area contributed by atoms with Crippen LogP contribution in [-0.4, -0.2) is 21.9 Å². The van der Waals surface area contributed by atoms with Crippen LogP contribution in [0.25, 0.3) is 10.8 Å². The molecule has 3 aromatic rings. The van der Waals surface area contributed by atoms with Crippen molar-refractivity contribution in [3.05, 3.63) is 59.5 Å². The van der Waals surface area contributed by atoms with Gasteiger partial charge in [-0.05, 0) is 25.0 Å². The van der Waals surface area contributed by atoms with E-state index in [0.717, 1.165) is 23.6 Å². The zero-order valence-electron chi connectivity index (χ0n) is 12.8. The van der Waals surface area contributed by atoms with Crippen molar-refractivity contribution in [3.63, 3.8) is 0 Å². The van der Waals surface area contributed by atoms with Crippen LogP contribution in [0, 0.1) is 0 Å². The lowest BCUT2D eigenvalue weighted by molar-refractivity contribution is 0.102. The monoisotopic (exact) mass is 338 g/mol. The van der Waals surface area contributed by atoms with Crippen molar-refractivity contribution in [1.82, 2.24) is 9.97 Å².